The number of unbranched alkanes of at least 4 members (excludes halogenated alkanes) is 2. The second-order valence-corrected chi connectivity index (χ2v) is 8.18. The van der Waals surface area contributed by atoms with Crippen molar-refractivity contribution in [2.75, 3.05) is 24.8 Å². The highest BCUT2D eigenvalue weighted by Crippen LogP contribution is 2.54. The van der Waals surface area contributed by atoms with Gasteiger partial charge in [-0.15, -0.1) is 0 Å². The lowest BCUT2D eigenvalue weighted by atomic mass is 9.64. The lowest BCUT2D eigenvalue weighted by Gasteiger charge is -2.41. The topological polar surface area (TPSA) is 58.9 Å². The first kappa shape index (κ1) is 17.6. The van der Waals surface area contributed by atoms with E-state index in [0.717, 1.165) is 41.8 Å². The molecular formula is C22H25N2O4+. The van der Waals surface area contributed by atoms with Gasteiger partial charge in [0.15, 0.2) is 12.4 Å². The Morgan fingerprint density at radius 2 is 2.11 bits per heavy atom. The third-order valence-corrected chi connectivity index (χ3v) is 6.64. The van der Waals surface area contributed by atoms with E-state index in [1.165, 1.54) is 6.20 Å². The predicted molar refractivity (Wildman–Crippen MR) is 104 cm³/mol. The summed E-state index contributed by atoms with van der Waals surface area (Å²) in [6.45, 7) is 3.33. The SMILES string of the molecule is CCCCCN1C(=O)C2(C=CC34OCOC3=C[N+](=O)CC4C2)c2ccccc21. The number of fused-ring (bicyclic) bond motifs is 2. The Labute approximate surface area is 164 Å². The highest BCUT2D eigenvalue weighted by atomic mass is 16.7. The van der Waals surface area contributed by atoms with Crippen LogP contribution in [0, 0.1) is 10.8 Å². The van der Waals surface area contributed by atoms with Gasteiger partial charge in [-0.3, -0.25) is 4.79 Å². The molecular weight excluding hydrogens is 356 g/mol. The molecule has 1 saturated heterocycles. The van der Waals surface area contributed by atoms with Crippen molar-refractivity contribution in [2.24, 2.45) is 5.92 Å². The molecule has 3 aliphatic heterocycles. The molecule has 1 fully saturated rings. The predicted octanol–water partition coefficient (Wildman–Crippen LogP) is 3.41. The van der Waals surface area contributed by atoms with Crippen molar-refractivity contribution in [3.63, 3.8) is 0 Å². The zero-order valence-corrected chi connectivity index (χ0v) is 16.1. The van der Waals surface area contributed by atoms with Crippen LogP contribution < -0.4 is 4.90 Å². The molecule has 6 heteroatoms. The maximum Gasteiger partial charge on any atom is 0.261 e. The van der Waals surface area contributed by atoms with E-state index in [2.05, 4.69) is 13.0 Å². The Morgan fingerprint density at radius 1 is 1.25 bits per heavy atom. The van der Waals surface area contributed by atoms with Crippen molar-refractivity contribution in [1.82, 2.24) is 0 Å². The van der Waals surface area contributed by atoms with Crippen molar-refractivity contribution in [2.45, 2.75) is 43.6 Å². The molecule has 1 aromatic rings. The number of hydrogen-bond donors (Lipinski definition) is 0. The van der Waals surface area contributed by atoms with E-state index in [9.17, 15) is 9.70 Å². The van der Waals surface area contributed by atoms with E-state index >= 15 is 0 Å². The number of carbonyl (C=O) groups is 1. The fraction of sp³-hybridized carbons (Fsp3) is 0.500. The second kappa shape index (κ2) is 6.27. The average molecular weight is 381 g/mol. The Kier molecular flexibility index (Phi) is 3.95. The first-order valence-electron chi connectivity index (χ1n) is 10.2. The summed E-state index contributed by atoms with van der Waals surface area (Å²) in [5.74, 6) is 0.539. The van der Waals surface area contributed by atoms with Crippen molar-refractivity contribution in [3.8, 4) is 0 Å². The molecule has 0 radical (unpaired) electrons. The largest absolute Gasteiger partial charge is 0.462 e. The zero-order valence-electron chi connectivity index (χ0n) is 16.1. The van der Waals surface area contributed by atoms with Crippen LogP contribution in [0.2, 0.25) is 0 Å². The number of benzene rings is 1. The molecule has 0 saturated carbocycles. The summed E-state index contributed by atoms with van der Waals surface area (Å²) in [6.07, 6.45) is 9.21. The van der Waals surface area contributed by atoms with Gasteiger partial charge in [-0.2, -0.15) is 0 Å². The average Bonchev–Trinajstić information content (AvgIpc) is 3.20. The summed E-state index contributed by atoms with van der Waals surface area (Å²) in [5.41, 5.74) is 0.596. The molecule has 3 heterocycles. The van der Waals surface area contributed by atoms with Crippen LogP contribution in [0.1, 0.15) is 38.2 Å². The summed E-state index contributed by atoms with van der Waals surface area (Å²) in [4.78, 5) is 27.8. The molecule has 6 nitrogen and oxygen atoms in total. The van der Waals surface area contributed by atoms with Gasteiger partial charge in [0, 0.05) is 21.9 Å². The van der Waals surface area contributed by atoms with Gasteiger partial charge in [0.25, 0.3) is 6.20 Å². The molecule has 1 amide bonds. The minimum Gasteiger partial charge on any atom is -0.462 e. The number of carbonyl (C=O) groups excluding carboxylic acids is 1. The van der Waals surface area contributed by atoms with Crippen molar-refractivity contribution >= 4 is 11.6 Å². The van der Waals surface area contributed by atoms with Crippen LogP contribution in [-0.2, 0) is 19.7 Å². The number of nitroso groups, excluding NO2 is 1. The Morgan fingerprint density at radius 3 is 2.96 bits per heavy atom. The van der Waals surface area contributed by atoms with Crippen LogP contribution in [0.25, 0.3) is 0 Å². The Bertz CT molecular complexity index is 908. The molecule has 0 bridgehead atoms. The molecule has 0 aromatic heterocycles. The summed E-state index contributed by atoms with van der Waals surface area (Å²) in [6, 6.07) is 8.06. The highest BCUT2D eigenvalue weighted by molar-refractivity contribution is 6.09. The van der Waals surface area contributed by atoms with Crippen molar-refractivity contribution in [3.05, 3.63) is 58.8 Å². The molecule has 146 valence electrons. The number of amides is 1. The van der Waals surface area contributed by atoms with Crippen LogP contribution in [-0.4, -0.2) is 36.2 Å². The van der Waals surface area contributed by atoms with Gasteiger partial charge in [-0.1, -0.05) is 44.0 Å². The number of hydrogen-bond acceptors (Lipinski definition) is 4. The Balaban J connectivity index is 1.57. The van der Waals surface area contributed by atoms with Gasteiger partial charge in [0.05, 0.1) is 11.3 Å². The second-order valence-electron chi connectivity index (χ2n) is 8.18. The smallest absolute Gasteiger partial charge is 0.261 e. The lowest BCUT2D eigenvalue weighted by molar-refractivity contribution is -0.500. The number of nitrogens with zero attached hydrogens (tertiary/aromatic N) is 2. The fourth-order valence-electron chi connectivity index (χ4n) is 5.23. The van der Waals surface area contributed by atoms with E-state index < -0.39 is 11.0 Å². The lowest BCUT2D eigenvalue weighted by Crippen LogP contribution is -2.53. The summed E-state index contributed by atoms with van der Waals surface area (Å²) >= 11 is 0. The minimum atomic E-state index is -0.728. The standard InChI is InChI=1S/C22H25N2O4/c1-2-3-6-11-24-18-8-5-4-7-17(18)21(20(24)25)9-10-22-16(12-21)13-23(26)14-19(22)27-15-28-22/h4-5,7-10,14,16H,2-3,6,11-13,15H2,1H3/q+1. The van der Waals surface area contributed by atoms with E-state index in [-0.39, 0.29) is 18.6 Å². The maximum absolute atomic E-state index is 13.7. The number of rotatable bonds is 4. The molecule has 4 aliphatic rings. The van der Waals surface area contributed by atoms with Gasteiger partial charge in [0.1, 0.15) is 0 Å². The first-order chi connectivity index (χ1) is 13.6. The normalized spacial score (nSPS) is 32.8. The van der Waals surface area contributed by atoms with Gasteiger partial charge in [-0.25, -0.2) is 0 Å². The first-order valence-corrected chi connectivity index (χ1v) is 10.2. The number of ether oxygens (including phenoxy) is 2. The van der Waals surface area contributed by atoms with Gasteiger partial charge >= 0.3 is 0 Å². The zero-order chi connectivity index (χ0) is 19.4. The third-order valence-electron chi connectivity index (χ3n) is 6.64. The third kappa shape index (κ3) is 2.27. The number of anilines is 1. The highest BCUT2D eigenvalue weighted by Gasteiger charge is 2.62. The molecule has 5 rings (SSSR count). The molecule has 3 atom stereocenters. The maximum atomic E-state index is 13.7. The summed E-state index contributed by atoms with van der Waals surface area (Å²) < 4.78 is 12.4. The molecule has 28 heavy (non-hydrogen) atoms. The monoisotopic (exact) mass is 381 g/mol. The molecule has 0 N–H and O–H groups in total. The van der Waals surface area contributed by atoms with Crippen LogP contribution >= 0.6 is 0 Å². The van der Waals surface area contributed by atoms with Crippen molar-refractivity contribution in [1.29, 1.82) is 0 Å². The van der Waals surface area contributed by atoms with Gasteiger partial charge in [0.2, 0.25) is 18.2 Å². The fourth-order valence-corrected chi connectivity index (χ4v) is 5.23. The number of para-hydroxylation sites is 1. The minimum absolute atomic E-state index is 0.114. The summed E-state index contributed by atoms with van der Waals surface area (Å²) in [5, 5.41) is 0. The Hall–Kier alpha value is -2.47. The molecule has 3 unspecified atom stereocenters. The van der Waals surface area contributed by atoms with Crippen LogP contribution in [0.15, 0.2) is 48.4 Å². The molecule has 1 aliphatic carbocycles. The van der Waals surface area contributed by atoms with Crippen LogP contribution in [0.3, 0.4) is 0 Å². The van der Waals surface area contributed by atoms with Crippen molar-refractivity contribution < 1.29 is 19.0 Å². The summed E-state index contributed by atoms with van der Waals surface area (Å²) in [7, 11) is 0. The van der Waals surface area contributed by atoms with E-state index in [0.29, 0.717) is 18.7 Å². The quantitative estimate of drug-likeness (QED) is 0.456. The van der Waals surface area contributed by atoms with Gasteiger partial charge < -0.3 is 14.4 Å². The van der Waals surface area contributed by atoms with Crippen LogP contribution in [0.4, 0.5) is 5.69 Å². The van der Waals surface area contributed by atoms with Gasteiger partial charge in [-0.05, 0) is 30.5 Å². The van der Waals surface area contributed by atoms with E-state index in [4.69, 9.17) is 9.47 Å². The van der Waals surface area contributed by atoms with E-state index in [1.807, 2.05) is 35.3 Å². The molecule has 2 spiro atoms. The van der Waals surface area contributed by atoms with E-state index in [1.54, 1.807) is 0 Å². The van der Waals surface area contributed by atoms with Crippen LogP contribution in [0.5, 0.6) is 0 Å². The molecule has 1 aromatic carbocycles.